The molecule has 3 aromatic rings. The van der Waals surface area contributed by atoms with E-state index >= 15 is 0 Å². The molecule has 1 saturated heterocycles. The Labute approximate surface area is 166 Å². The molecule has 3 heterocycles. The lowest BCUT2D eigenvalue weighted by Crippen LogP contribution is -2.11. The molecule has 0 amide bonds. The minimum Gasteiger partial charge on any atom is -0.302 e. The first-order valence-corrected chi connectivity index (χ1v) is 11.7. The van der Waals surface area contributed by atoms with E-state index in [0.29, 0.717) is 29.7 Å². The van der Waals surface area contributed by atoms with Gasteiger partial charge in [0.05, 0.1) is 17.0 Å². The molecular weight excluding hydrogens is 399 g/mol. The summed E-state index contributed by atoms with van der Waals surface area (Å²) in [6.07, 6.45) is 3.98. The average molecular weight is 419 g/mol. The minimum absolute atomic E-state index is 0.103. The van der Waals surface area contributed by atoms with Crippen LogP contribution < -0.4 is 0 Å². The van der Waals surface area contributed by atoms with Crippen LogP contribution in [0.25, 0.3) is 10.9 Å². The Bertz CT molecular complexity index is 1140. The van der Waals surface area contributed by atoms with Gasteiger partial charge in [-0.3, -0.25) is 4.98 Å². The quantitative estimate of drug-likeness (QED) is 0.451. The van der Waals surface area contributed by atoms with Crippen LogP contribution in [0.4, 0.5) is 4.39 Å². The number of allylic oxidation sites excluding steroid dienone is 1. The maximum absolute atomic E-state index is 14.0. The highest BCUT2D eigenvalue weighted by Crippen LogP contribution is 2.32. The van der Waals surface area contributed by atoms with Crippen LogP contribution in [0.5, 0.6) is 0 Å². The summed E-state index contributed by atoms with van der Waals surface area (Å²) in [6, 6.07) is 6.57. The maximum Gasteiger partial charge on any atom is 0.191 e. The molecule has 1 atom stereocenters. The molecule has 1 aliphatic heterocycles. The third-order valence-electron chi connectivity index (χ3n) is 4.76. The second-order valence-electron chi connectivity index (χ2n) is 6.77. The molecular formula is C19H19FN4O2S2. The summed E-state index contributed by atoms with van der Waals surface area (Å²) in [7, 11) is -3.01. The molecule has 0 saturated carbocycles. The van der Waals surface area contributed by atoms with Gasteiger partial charge in [-0.1, -0.05) is 23.9 Å². The minimum atomic E-state index is -3.01. The SMILES string of the molecule is C=CCn1c(SCc2cc(F)cc3cccnc23)nnc1C1CCS(=O)(=O)C1. The first kappa shape index (κ1) is 19.1. The molecule has 2 aromatic heterocycles. The standard InChI is InChI=1S/C19H19FN4O2S2/c1-2-7-24-18(14-5-8-28(25,26)12-14)22-23-19(24)27-11-15-10-16(20)9-13-4-3-6-21-17(13)15/h2-4,6,9-10,14H,1,5,7-8,11-12H2. The van der Waals surface area contributed by atoms with Gasteiger partial charge in [0.2, 0.25) is 0 Å². The number of hydrogen-bond acceptors (Lipinski definition) is 6. The Morgan fingerprint density at radius 3 is 2.96 bits per heavy atom. The number of benzene rings is 1. The van der Waals surface area contributed by atoms with E-state index in [1.807, 2.05) is 10.6 Å². The van der Waals surface area contributed by atoms with Crippen LogP contribution in [0.2, 0.25) is 0 Å². The molecule has 1 aromatic carbocycles. The van der Waals surface area contributed by atoms with Crippen molar-refractivity contribution < 1.29 is 12.8 Å². The lowest BCUT2D eigenvalue weighted by molar-refractivity contribution is 0.597. The Morgan fingerprint density at radius 2 is 2.21 bits per heavy atom. The summed E-state index contributed by atoms with van der Waals surface area (Å²) in [5, 5.41) is 9.94. The highest BCUT2D eigenvalue weighted by atomic mass is 32.2. The third kappa shape index (κ3) is 3.81. The van der Waals surface area contributed by atoms with Crippen LogP contribution in [-0.4, -0.2) is 39.7 Å². The maximum atomic E-state index is 14.0. The number of sulfone groups is 1. The Kier molecular flexibility index (Phi) is 5.20. The van der Waals surface area contributed by atoms with Crippen molar-refractivity contribution in [3.63, 3.8) is 0 Å². The Hall–Kier alpha value is -2.26. The van der Waals surface area contributed by atoms with Gasteiger partial charge in [0, 0.05) is 29.8 Å². The van der Waals surface area contributed by atoms with Crippen LogP contribution in [0, 0.1) is 5.82 Å². The lowest BCUT2D eigenvalue weighted by atomic mass is 10.1. The Morgan fingerprint density at radius 1 is 1.36 bits per heavy atom. The molecule has 0 N–H and O–H groups in total. The molecule has 1 unspecified atom stereocenters. The van der Waals surface area contributed by atoms with E-state index < -0.39 is 9.84 Å². The van der Waals surface area contributed by atoms with E-state index in [2.05, 4.69) is 21.8 Å². The fourth-order valence-electron chi connectivity index (χ4n) is 3.49. The molecule has 0 spiro atoms. The number of nitrogens with zero attached hydrogens (tertiary/aromatic N) is 4. The number of thioether (sulfide) groups is 1. The average Bonchev–Trinajstić information content (AvgIpc) is 3.22. The molecule has 9 heteroatoms. The van der Waals surface area contributed by atoms with E-state index in [-0.39, 0.29) is 23.2 Å². The van der Waals surface area contributed by atoms with Crippen molar-refractivity contribution in [3.8, 4) is 0 Å². The summed E-state index contributed by atoms with van der Waals surface area (Å²) >= 11 is 1.43. The number of hydrogen-bond donors (Lipinski definition) is 0. The van der Waals surface area contributed by atoms with Gasteiger partial charge >= 0.3 is 0 Å². The van der Waals surface area contributed by atoms with Gasteiger partial charge in [-0.05, 0) is 30.2 Å². The summed E-state index contributed by atoms with van der Waals surface area (Å²) < 4.78 is 39.5. The van der Waals surface area contributed by atoms with Crippen LogP contribution in [0.15, 0.2) is 48.3 Å². The van der Waals surface area contributed by atoms with Crippen LogP contribution in [-0.2, 0) is 22.1 Å². The Balaban J connectivity index is 1.62. The van der Waals surface area contributed by atoms with E-state index in [1.165, 1.54) is 23.9 Å². The van der Waals surface area contributed by atoms with Gasteiger partial charge < -0.3 is 4.57 Å². The van der Waals surface area contributed by atoms with E-state index in [9.17, 15) is 12.8 Å². The fraction of sp³-hybridized carbons (Fsp3) is 0.316. The zero-order chi connectivity index (χ0) is 19.7. The summed E-state index contributed by atoms with van der Waals surface area (Å²) in [5.41, 5.74) is 1.53. The predicted molar refractivity (Wildman–Crippen MR) is 107 cm³/mol. The fourth-order valence-corrected chi connectivity index (χ4v) is 6.15. The number of rotatable bonds is 6. The van der Waals surface area contributed by atoms with E-state index in [1.54, 1.807) is 18.3 Å². The van der Waals surface area contributed by atoms with E-state index in [0.717, 1.165) is 16.5 Å². The first-order chi connectivity index (χ1) is 13.5. The van der Waals surface area contributed by atoms with Gasteiger partial charge in [0.25, 0.3) is 0 Å². The number of halogens is 1. The molecule has 6 nitrogen and oxygen atoms in total. The molecule has 0 radical (unpaired) electrons. The number of aromatic nitrogens is 4. The van der Waals surface area contributed by atoms with Crippen molar-refractivity contribution in [1.29, 1.82) is 0 Å². The second kappa shape index (κ2) is 7.63. The highest BCUT2D eigenvalue weighted by Gasteiger charge is 2.33. The molecule has 0 aliphatic carbocycles. The molecule has 28 heavy (non-hydrogen) atoms. The molecule has 0 bridgehead atoms. The molecule has 146 valence electrons. The molecule has 1 aliphatic rings. The van der Waals surface area contributed by atoms with Gasteiger partial charge in [-0.2, -0.15) is 0 Å². The van der Waals surface area contributed by atoms with Gasteiger partial charge in [0.15, 0.2) is 15.0 Å². The third-order valence-corrected chi connectivity index (χ3v) is 7.54. The summed E-state index contributed by atoms with van der Waals surface area (Å²) in [5.74, 6) is 0.978. The number of pyridine rings is 1. The predicted octanol–water partition coefficient (Wildman–Crippen LogP) is 3.35. The van der Waals surface area contributed by atoms with Gasteiger partial charge in [0.1, 0.15) is 11.6 Å². The lowest BCUT2D eigenvalue weighted by Gasteiger charge is -2.11. The zero-order valence-corrected chi connectivity index (χ0v) is 16.7. The molecule has 1 fully saturated rings. The van der Waals surface area contributed by atoms with Crippen LogP contribution in [0.3, 0.4) is 0 Å². The number of fused-ring (bicyclic) bond motifs is 1. The summed E-state index contributed by atoms with van der Waals surface area (Å²) in [6.45, 7) is 4.27. The summed E-state index contributed by atoms with van der Waals surface area (Å²) in [4.78, 5) is 4.37. The topological polar surface area (TPSA) is 77.7 Å². The largest absolute Gasteiger partial charge is 0.302 e. The second-order valence-corrected chi connectivity index (χ2v) is 9.94. The normalized spacial score (nSPS) is 18.5. The van der Waals surface area contributed by atoms with Crippen LogP contribution >= 0.6 is 11.8 Å². The molecule has 4 rings (SSSR count). The smallest absolute Gasteiger partial charge is 0.191 e. The van der Waals surface area contributed by atoms with Crippen molar-refractivity contribution in [2.45, 2.75) is 29.8 Å². The zero-order valence-electron chi connectivity index (χ0n) is 15.1. The monoisotopic (exact) mass is 418 g/mol. The highest BCUT2D eigenvalue weighted by molar-refractivity contribution is 7.98. The van der Waals surface area contributed by atoms with Gasteiger partial charge in [-0.25, -0.2) is 12.8 Å². The van der Waals surface area contributed by atoms with Crippen LogP contribution in [0.1, 0.15) is 23.7 Å². The van der Waals surface area contributed by atoms with Gasteiger partial charge in [-0.15, -0.1) is 16.8 Å². The van der Waals surface area contributed by atoms with E-state index in [4.69, 9.17) is 0 Å². The van der Waals surface area contributed by atoms with Crippen molar-refractivity contribution in [3.05, 3.63) is 60.3 Å². The van der Waals surface area contributed by atoms with Crippen molar-refractivity contribution in [1.82, 2.24) is 19.7 Å². The first-order valence-electron chi connectivity index (χ1n) is 8.87. The van der Waals surface area contributed by atoms with Crippen molar-refractivity contribution >= 4 is 32.5 Å². The van der Waals surface area contributed by atoms with Crippen molar-refractivity contribution in [2.75, 3.05) is 11.5 Å². The van der Waals surface area contributed by atoms with Crippen molar-refractivity contribution in [2.24, 2.45) is 0 Å².